The van der Waals surface area contributed by atoms with Gasteiger partial charge in [-0.2, -0.15) is 0 Å². The monoisotopic (exact) mass is 249 g/mol. The van der Waals surface area contributed by atoms with E-state index in [4.69, 9.17) is 0 Å². The third-order valence-corrected chi connectivity index (χ3v) is 3.79. The SMILES string of the molecule is CC1CC(C)C(C)N(c2ncncc2C(=O)O)C1. The molecule has 5 nitrogen and oxygen atoms in total. The Morgan fingerprint density at radius 3 is 2.83 bits per heavy atom. The van der Waals surface area contributed by atoms with Crippen LogP contribution in [0.2, 0.25) is 0 Å². The van der Waals surface area contributed by atoms with Gasteiger partial charge in [-0.3, -0.25) is 0 Å². The maximum absolute atomic E-state index is 11.2. The summed E-state index contributed by atoms with van der Waals surface area (Å²) in [6.07, 6.45) is 3.96. The van der Waals surface area contributed by atoms with Crippen LogP contribution in [0.15, 0.2) is 12.5 Å². The number of carbonyl (C=O) groups is 1. The van der Waals surface area contributed by atoms with Crippen molar-refractivity contribution in [2.24, 2.45) is 11.8 Å². The number of piperidine rings is 1. The standard InChI is InChI=1S/C13H19N3O2/c1-8-4-9(2)10(3)16(6-8)12-11(13(17)18)5-14-7-15-12/h5,7-10H,4,6H2,1-3H3,(H,17,18). The molecule has 2 heterocycles. The number of nitrogens with zero attached hydrogens (tertiary/aromatic N) is 3. The molecule has 5 heteroatoms. The molecule has 2 rings (SSSR count). The number of carboxylic acids is 1. The number of hydrogen-bond donors (Lipinski definition) is 1. The Balaban J connectivity index is 2.38. The molecule has 1 saturated heterocycles. The van der Waals surface area contributed by atoms with Gasteiger partial charge in [0.15, 0.2) is 0 Å². The van der Waals surface area contributed by atoms with E-state index in [1.807, 2.05) is 0 Å². The van der Waals surface area contributed by atoms with Crippen LogP contribution in [0.4, 0.5) is 5.82 Å². The predicted molar refractivity (Wildman–Crippen MR) is 68.7 cm³/mol. The number of hydrogen-bond acceptors (Lipinski definition) is 4. The van der Waals surface area contributed by atoms with Crippen molar-refractivity contribution in [2.75, 3.05) is 11.4 Å². The molecule has 3 atom stereocenters. The van der Waals surface area contributed by atoms with E-state index in [0.717, 1.165) is 6.54 Å². The summed E-state index contributed by atoms with van der Waals surface area (Å²) in [6, 6.07) is 0.300. The minimum absolute atomic E-state index is 0.186. The molecule has 0 spiro atoms. The van der Waals surface area contributed by atoms with E-state index in [0.29, 0.717) is 23.7 Å². The number of rotatable bonds is 2. The summed E-state index contributed by atoms with van der Waals surface area (Å²) < 4.78 is 0. The molecule has 1 fully saturated rings. The third-order valence-electron chi connectivity index (χ3n) is 3.79. The first-order valence-electron chi connectivity index (χ1n) is 6.30. The maximum Gasteiger partial charge on any atom is 0.341 e. The highest BCUT2D eigenvalue weighted by molar-refractivity contribution is 5.92. The molecule has 1 N–H and O–H groups in total. The van der Waals surface area contributed by atoms with Crippen LogP contribution in [0, 0.1) is 11.8 Å². The largest absolute Gasteiger partial charge is 0.477 e. The summed E-state index contributed by atoms with van der Waals surface area (Å²) in [5.74, 6) is 0.658. The number of aromatic nitrogens is 2. The van der Waals surface area contributed by atoms with Crippen molar-refractivity contribution in [2.45, 2.75) is 33.2 Å². The average Bonchev–Trinajstić information content (AvgIpc) is 2.33. The molecule has 1 aromatic heterocycles. The fourth-order valence-electron chi connectivity index (χ4n) is 2.70. The highest BCUT2D eigenvalue weighted by Crippen LogP contribution is 2.31. The zero-order chi connectivity index (χ0) is 13.3. The Morgan fingerprint density at radius 2 is 2.17 bits per heavy atom. The Morgan fingerprint density at radius 1 is 1.44 bits per heavy atom. The average molecular weight is 249 g/mol. The van der Waals surface area contributed by atoms with Gasteiger partial charge >= 0.3 is 5.97 Å². The van der Waals surface area contributed by atoms with E-state index in [9.17, 15) is 9.90 Å². The van der Waals surface area contributed by atoms with Crippen molar-refractivity contribution < 1.29 is 9.90 Å². The summed E-state index contributed by atoms with van der Waals surface area (Å²) >= 11 is 0. The summed E-state index contributed by atoms with van der Waals surface area (Å²) in [4.78, 5) is 21.3. The maximum atomic E-state index is 11.2. The zero-order valence-electron chi connectivity index (χ0n) is 11.0. The number of anilines is 1. The highest BCUT2D eigenvalue weighted by atomic mass is 16.4. The molecular weight excluding hydrogens is 230 g/mol. The molecule has 0 bridgehead atoms. The Bertz CT molecular complexity index is 450. The van der Waals surface area contributed by atoms with E-state index in [2.05, 4.69) is 35.6 Å². The van der Waals surface area contributed by atoms with Crippen LogP contribution in [0.5, 0.6) is 0 Å². The van der Waals surface area contributed by atoms with E-state index in [-0.39, 0.29) is 5.56 Å². The minimum Gasteiger partial charge on any atom is -0.477 e. The summed E-state index contributed by atoms with van der Waals surface area (Å²) in [5, 5.41) is 9.21. The van der Waals surface area contributed by atoms with E-state index in [1.165, 1.54) is 18.9 Å². The molecule has 1 aromatic rings. The van der Waals surface area contributed by atoms with Gasteiger partial charge in [0.05, 0.1) is 0 Å². The highest BCUT2D eigenvalue weighted by Gasteiger charge is 2.31. The van der Waals surface area contributed by atoms with Gasteiger partial charge in [0.1, 0.15) is 17.7 Å². The summed E-state index contributed by atoms with van der Waals surface area (Å²) in [7, 11) is 0. The number of carboxylic acid groups (broad SMARTS) is 1. The van der Waals surface area contributed by atoms with Gasteiger partial charge in [-0.15, -0.1) is 0 Å². The molecule has 0 amide bonds. The van der Waals surface area contributed by atoms with Crippen molar-refractivity contribution in [3.63, 3.8) is 0 Å². The fourth-order valence-corrected chi connectivity index (χ4v) is 2.70. The smallest absolute Gasteiger partial charge is 0.341 e. The van der Waals surface area contributed by atoms with Gasteiger partial charge in [0.2, 0.25) is 0 Å². The Hall–Kier alpha value is -1.65. The van der Waals surface area contributed by atoms with Crippen LogP contribution in [0.25, 0.3) is 0 Å². The van der Waals surface area contributed by atoms with E-state index in [1.54, 1.807) is 0 Å². The summed E-state index contributed by atoms with van der Waals surface area (Å²) in [5.41, 5.74) is 0.186. The zero-order valence-corrected chi connectivity index (χ0v) is 11.0. The molecule has 1 aliphatic heterocycles. The van der Waals surface area contributed by atoms with Crippen molar-refractivity contribution in [1.29, 1.82) is 0 Å². The Kier molecular flexibility index (Phi) is 3.50. The van der Waals surface area contributed by atoms with Gasteiger partial charge < -0.3 is 10.0 Å². The van der Waals surface area contributed by atoms with E-state index < -0.39 is 5.97 Å². The lowest BCUT2D eigenvalue weighted by molar-refractivity contribution is 0.0696. The molecule has 98 valence electrons. The molecule has 0 saturated carbocycles. The van der Waals surface area contributed by atoms with Gasteiger partial charge in [0, 0.05) is 18.8 Å². The van der Waals surface area contributed by atoms with Crippen molar-refractivity contribution in [3.05, 3.63) is 18.1 Å². The first-order chi connectivity index (χ1) is 8.50. The van der Waals surface area contributed by atoms with Gasteiger partial charge in [-0.25, -0.2) is 14.8 Å². The molecule has 0 aliphatic carbocycles. The van der Waals surface area contributed by atoms with Crippen LogP contribution in [-0.4, -0.2) is 33.6 Å². The lowest BCUT2D eigenvalue weighted by Crippen LogP contribution is -2.46. The first-order valence-corrected chi connectivity index (χ1v) is 6.30. The fraction of sp³-hybridized carbons (Fsp3) is 0.615. The molecule has 0 aromatic carbocycles. The number of aromatic carboxylic acids is 1. The van der Waals surface area contributed by atoms with Crippen LogP contribution in [0.3, 0.4) is 0 Å². The second-order valence-corrected chi connectivity index (χ2v) is 5.28. The van der Waals surface area contributed by atoms with Gasteiger partial charge in [-0.1, -0.05) is 13.8 Å². The van der Waals surface area contributed by atoms with Crippen LogP contribution < -0.4 is 4.90 Å². The van der Waals surface area contributed by atoms with Crippen LogP contribution in [-0.2, 0) is 0 Å². The topological polar surface area (TPSA) is 66.3 Å². The van der Waals surface area contributed by atoms with Crippen molar-refractivity contribution in [1.82, 2.24) is 9.97 Å². The minimum atomic E-state index is -0.969. The van der Waals surface area contributed by atoms with E-state index >= 15 is 0 Å². The molecule has 3 unspecified atom stereocenters. The van der Waals surface area contributed by atoms with Crippen LogP contribution >= 0.6 is 0 Å². The lowest BCUT2D eigenvalue weighted by atomic mass is 9.86. The predicted octanol–water partition coefficient (Wildman–Crippen LogP) is 2.05. The molecule has 1 aliphatic rings. The molecule has 0 radical (unpaired) electrons. The van der Waals surface area contributed by atoms with Crippen LogP contribution in [0.1, 0.15) is 37.6 Å². The first kappa shape index (κ1) is 12.8. The van der Waals surface area contributed by atoms with Crippen molar-refractivity contribution in [3.8, 4) is 0 Å². The normalized spacial score (nSPS) is 28.2. The molecule has 18 heavy (non-hydrogen) atoms. The summed E-state index contributed by atoms with van der Waals surface area (Å²) in [6.45, 7) is 7.37. The van der Waals surface area contributed by atoms with Gasteiger partial charge in [-0.05, 0) is 25.2 Å². The second kappa shape index (κ2) is 4.92. The lowest BCUT2D eigenvalue weighted by Gasteiger charge is -2.42. The Labute approximate surface area is 107 Å². The second-order valence-electron chi connectivity index (χ2n) is 5.28. The molecular formula is C13H19N3O2. The van der Waals surface area contributed by atoms with Crippen molar-refractivity contribution >= 4 is 11.8 Å². The van der Waals surface area contributed by atoms with Gasteiger partial charge in [0.25, 0.3) is 0 Å². The quantitative estimate of drug-likeness (QED) is 0.868. The third kappa shape index (κ3) is 2.30.